The van der Waals surface area contributed by atoms with Crippen LogP contribution in [0.15, 0.2) is 29.5 Å². The molecule has 1 aliphatic carbocycles. The topological polar surface area (TPSA) is 88.9 Å². The Bertz CT molecular complexity index is 1220. The second-order valence-electron chi connectivity index (χ2n) is 8.67. The number of thiophene rings is 1. The minimum Gasteiger partial charge on any atom is -0.383 e. The SMILES string of the molecule is COCCN(CCOC)C(=O)[C@H]1CCc2c(sc3ncnc(Nc4ccc5c(c4)C=NC5)c23)C1. The lowest BCUT2D eigenvalue weighted by Crippen LogP contribution is -2.41. The zero-order valence-electron chi connectivity index (χ0n) is 19.5. The van der Waals surface area contributed by atoms with Gasteiger partial charge in [0, 0.05) is 50.0 Å². The molecule has 3 aromatic rings. The first-order valence-electron chi connectivity index (χ1n) is 11.6. The molecule has 0 unspecified atom stereocenters. The molecule has 8 nitrogen and oxygen atoms in total. The number of aliphatic imine (C=N–C) groups is 1. The molecule has 0 saturated heterocycles. The van der Waals surface area contributed by atoms with Crippen molar-refractivity contribution in [3.05, 3.63) is 46.1 Å². The van der Waals surface area contributed by atoms with Crippen LogP contribution in [-0.4, -0.2) is 67.5 Å². The third-order valence-electron chi connectivity index (χ3n) is 6.54. The van der Waals surface area contributed by atoms with Gasteiger partial charge in [-0.25, -0.2) is 9.97 Å². The first-order valence-corrected chi connectivity index (χ1v) is 12.4. The summed E-state index contributed by atoms with van der Waals surface area (Å²) in [5, 5.41) is 4.58. The number of carbonyl (C=O) groups is 1. The number of carbonyl (C=O) groups excluding carboxylic acids is 1. The minimum absolute atomic E-state index is 0.0327. The summed E-state index contributed by atoms with van der Waals surface area (Å²) in [6.45, 7) is 2.96. The van der Waals surface area contributed by atoms with Gasteiger partial charge in [-0.15, -0.1) is 11.3 Å². The normalized spacial score (nSPS) is 16.5. The molecule has 5 rings (SSSR count). The number of methoxy groups -OCH3 is 2. The van der Waals surface area contributed by atoms with E-state index in [1.807, 2.05) is 11.1 Å². The highest BCUT2D eigenvalue weighted by Gasteiger charge is 2.31. The largest absolute Gasteiger partial charge is 0.383 e. The van der Waals surface area contributed by atoms with Gasteiger partial charge >= 0.3 is 0 Å². The smallest absolute Gasteiger partial charge is 0.226 e. The molecule has 0 saturated carbocycles. The summed E-state index contributed by atoms with van der Waals surface area (Å²) in [5.74, 6) is 0.972. The van der Waals surface area contributed by atoms with Gasteiger partial charge in [-0.2, -0.15) is 0 Å². The molecule has 0 radical (unpaired) electrons. The highest BCUT2D eigenvalue weighted by molar-refractivity contribution is 7.19. The van der Waals surface area contributed by atoms with Crippen LogP contribution in [0.2, 0.25) is 0 Å². The van der Waals surface area contributed by atoms with Gasteiger partial charge in [0.15, 0.2) is 0 Å². The van der Waals surface area contributed by atoms with Crippen LogP contribution in [0.3, 0.4) is 0 Å². The molecule has 0 fully saturated rings. The minimum atomic E-state index is -0.0327. The van der Waals surface area contributed by atoms with Crippen LogP contribution < -0.4 is 5.32 Å². The second-order valence-corrected chi connectivity index (χ2v) is 9.75. The molecule has 1 amide bonds. The van der Waals surface area contributed by atoms with Gasteiger partial charge in [0.2, 0.25) is 5.91 Å². The van der Waals surface area contributed by atoms with Crippen molar-refractivity contribution in [3.8, 4) is 0 Å². The maximum Gasteiger partial charge on any atom is 0.226 e. The van der Waals surface area contributed by atoms with Crippen LogP contribution in [0.5, 0.6) is 0 Å². The highest BCUT2D eigenvalue weighted by atomic mass is 32.1. The average Bonchev–Trinajstić information content (AvgIpc) is 3.47. The summed E-state index contributed by atoms with van der Waals surface area (Å²) in [6.07, 6.45) is 5.93. The molecule has 178 valence electrons. The molecule has 2 aromatic heterocycles. The quantitative estimate of drug-likeness (QED) is 0.505. The van der Waals surface area contributed by atoms with Crippen molar-refractivity contribution in [2.45, 2.75) is 25.8 Å². The van der Waals surface area contributed by atoms with Gasteiger partial charge in [0.05, 0.1) is 25.1 Å². The van der Waals surface area contributed by atoms with E-state index in [0.717, 1.165) is 53.1 Å². The Morgan fingerprint density at radius 2 is 2.03 bits per heavy atom. The van der Waals surface area contributed by atoms with Crippen LogP contribution in [0.4, 0.5) is 11.5 Å². The predicted octanol–water partition coefficient (Wildman–Crippen LogP) is 3.59. The van der Waals surface area contributed by atoms with E-state index in [4.69, 9.17) is 9.47 Å². The second kappa shape index (κ2) is 10.2. The van der Waals surface area contributed by atoms with Crippen LogP contribution >= 0.6 is 11.3 Å². The molecule has 1 atom stereocenters. The van der Waals surface area contributed by atoms with Crippen molar-refractivity contribution in [3.63, 3.8) is 0 Å². The van der Waals surface area contributed by atoms with Gasteiger partial charge in [0.25, 0.3) is 0 Å². The fourth-order valence-corrected chi connectivity index (χ4v) is 5.99. The fourth-order valence-electron chi connectivity index (χ4n) is 4.73. The number of hydrogen-bond acceptors (Lipinski definition) is 8. The summed E-state index contributed by atoms with van der Waals surface area (Å²) in [5.41, 5.74) is 4.65. The van der Waals surface area contributed by atoms with Gasteiger partial charge in [-0.1, -0.05) is 6.07 Å². The lowest BCUT2D eigenvalue weighted by Gasteiger charge is -2.29. The number of fused-ring (bicyclic) bond motifs is 4. The Morgan fingerprint density at radius 1 is 1.21 bits per heavy atom. The van der Waals surface area contributed by atoms with E-state index in [1.165, 1.54) is 16.0 Å². The molecule has 2 aliphatic rings. The molecule has 1 aliphatic heterocycles. The number of aromatic nitrogens is 2. The number of aryl methyl sites for hydroxylation is 1. The van der Waals surface area contributed by atoms with Gasteiger partial charge in [-0.05, 0) is 48.1 Å². The van der Waals surface area contributed by atoms with Gasteiger partial charge in [-0.3, -0.25) is 9.79 Å². The fraction of sp³-hybridized carbons (Fsp3) is 0.440. The van der Waals surface area contributed by atoms with E-state index in [9.17, 15) is 4.79 Å². The average molecular weight is 480 g/mol. The molecular weight excluding hydrogens is 450 g/mol. The molecule has 0 spiro atoms. The van der Waals surface area contributed by atoms with Crippen LogP contribution in [0.1, 0.15) is 28.0 Å². The van der Waals surface area contributed by atoms with E-state index in [1.54, 1.807) is 31.9 Å². The number of amides is 1. The van der Waals surface area contributed by atoms with Crippen molar-refractivity contribution >= 4 is 45.2 Å². The summed E-state index contributed by atoms with van der Waals surface area (Å²) >= 11 is 1.68. The molecule has 1 N–H and O–H groups in total. The maximum atomic E-state index is 13.3. The summed E-state index contributed by atoms with van der Waals surface area (Å²) in [6, 6.07) is 6.30. The standard InChI is InChI=1S/C25H29N5O3S/c1-32-9-7-30(8-10-33-2)25(31)16-4-6-20-21(12-16)34-24-22(20)23(27-15-28-24)29-19-5-3-17-13-26-14-18(17)11-19/h3,5,11,14-16H,4,6-10,12-13H2,1-2H3,(H,27,28,29)/t16-/m0/s1. The Kier molecular flexibility index (Phi) is 6.85. The molecular formula is C25H29N5O3S. The number of ether oxygens (including phenoxy) is 2. The molecule has 34 heavy (non-hydrogen) atoms. The Morgan fingerprint density at radius 3 is 2.82 bits per heavy atom. The third-order valence-corrected chi connectivity index (χ3v) is 7.70. The van der Waals surface area contributed by atoms with Crippen molar-refractivity contribution < 1.29 is 14.3 Å². The third kappa shape index (κ3) is 4.55. The van der Waals surface area contributed by atoms with Crippen LogP contribution in [-0.2, 0) is 33.7 Å². The number of anilines is 2. The summed E-state index contributed by atoms with van der Waals surface area (Å²) < 4.78 is 10.4. The van der Waals surface area contributed by atoms with Crippen LogP contribution in [0.25, 0.3) is 10.2 Å². The molecule has 3 heterocycles. The van der Waals surface area contributed by atoms with Crippen molar-refractivity contribution in [2.75, 3.05) is 45.8 Å². The molecule has 9 heteroatoms. The van der Waals surface area contributed by atoms with E-state index < -0.39 is 0 Å². The zero-order chi connectivity index (χ0) is 23.5. The number of nitrogens with zero attached hydrogens (tertiary/aromatic N) is 4. The summed E-state index contributed by atoms with van der Waals surface area (Å²) in [7, 11) is 3.32. The summed E-state index contributed by atoms with van der Waals surface area (Å²) in [4.78, 5) is 30.9. The lowest BCUT2D eigenvalue weighted by molar-refractivity contribution is -0.137. The maximum absolute atomic E-state index is 13.3. The predicted molar refractivity (Wildman–Crippen MR) is 134 cm³/mol. The van der Waals surface area contributed by atoms with E-state index >= 15 is 0 Å². The zero-order valence-corrected chi connectivity index (χ0v) is 20.4. The van der Waals surface area contributed by atoms with Crippen LogP contribution in [0, 0.1) is 5.92 Å². The number of hydrogen-bond donors (Lipinski definition) is 1. The molecule has 1 aromatic carbocycles. The molecule has 0 bridgehead atoms. The number of rotatable bonds is 9. The van der Waals surface area contributed by atoms with Gasteiger partial charge in [0.1, 0.15) is 17.0 Å². The van der Waals surface area contributed by atoms with Crippen molar-refractivity contribution in [2.24, 2.45) is 10.9 Å². The van der Waals surface area contributed by atoms with Crippen molar-refractivity contribution in [1.82, 2.24) is 14.9 Å². The Labute approximate surface area is 203 Å². The Balaban J connectivity index is 1.38. The van der Waals surface area contributed by atoms with Gasteiger partial charge < -0.3 is 19.7 Å². The lowest BCUT2D eigenvalue weighted by atomic mass is 9.87. The monoisotopic (exact) mass is 479 g/mol. The number of benzene rings is 1. The number of nitrogens with one attached hydrogen (secondary N) is 1. The van der Waals surface area contributed by atoms with E-state index in [2.05, 4.69) is 38.5 Å². The first kappa shape index (κ1) is 22.9. The van der Waals surface area contributed by atoms with E-state index in [-0.39, 0.29) is 11.8 Å². The Hall–Kier alpha value is -2.88. The van der Waals surface area contributed by atoms with Crippen molar-refractivity contribution in [1.29, 1.82) is 0 Å². The van der Waals surface area contributed by atoms with E-state index in [0.29, 0.717) is 26.3 Å². The highest BCUT2D eigenvalue weighted by Crippen LogP contribution is 2.41. The first-order chi connectivity index (χ1) is 16.7.